The van der Waals surface area contributed by atoms with Gasteiger partial charge in [0, 0.05) is 5.56 Å². The van der Waals surface area contributed by atoms with Crippen molar-refractivity contribution in [1.82, 2.24) is 5.32 Å². The van der Waals surface area contributed by atoms with Crippen molar-refractivity contribution in [2.24, 2.45) is 0 Å². The number of carbonyl (C=O) groups excluding carboxylic acids is 3. The van der Waals surface area contributed by atoms with Crippen LogP contribution in [0.5, 0.6) is 11.5 Å². The zero-order valence-corrected chi connectivity index (χ0v) is 13.1. The second-order valence-corrected chi connectivity index (χ2v) is 4.93. The Bertz CT molecular complexity index is 646. The molecule has 1 aromatic rings. The van der Waals surface area contributed by atoms with Gasteiger partial charge in [0.1, 0.15) is 6.04 Å². The highest BCUT2D eigenvalue weighted by Crippen LogP contribution is 2.39. The lowest BCUT2D eigenvalue weighted by Crippen LogP contribution is -2.43. The molecule has 1 atom stereocenters. The largest absolute Gasteiger partial charge is 0.469 e. The molecule has 8 nitrogen and oxygen atoms in total. The van der Waals surface area contributed by atoms with E-state index in [9.17, 15) is 14.4 Å². The predicted molar refractivity (Wildman–Crippen MR) is 77.5 cm³/mol. The van der Waals surface area contributed by atoms with Crippen LogP contribution in [0, 0.1) is 0 Å². The van der Waals surface area contributed by atoms with Gasteiger partial charge in [-0.05, 0) is 12.1 Å². The maximum atomic E-state index is 12.3. The summed E-state index contributed by atoms with van der Waals surface area (Å²) in [5.74, 6) is -1.38. The van der Waals surface area contributed by atoms with Gasteiger partial charge < -0.3 is 24.3 Å². The first kappa shape index (κ1) is 16.9. The molecule has 0 spiro atoms. The molecule has 0 radical (unpaired) electrons. The number of hydrogen-bond donors (Lipinski definition) is 1. The maximum absolute atomic E-state index is 12.3. The molecule has 1 unspecified atom stereocenters. The van der Waals surface area contributed by atoms with E-state index in [-0.39, 0.29) is 23.8 Å². The molecule has 2 rings (SSSR count). The first-order chi connectivity index (χ1) is 11.0. The average Bonchev–Trinajstić information content (AvgIpc) is 3.02. The van der Waals surface area contributed by atoms with E-state index < -0.39 is 23.9 Å². The van der Waals surface area contributed by atoms with Crippen molar-refractivity contribution in [2.45, 2.75) is 12.5 Å². The quantitative estimate of drug-likeness (QED) is 0.793. The number of halogens is 1. The van der Waals surface area contributed by atoms with E-state index in [1.807, 2.05) is 0 Å². The number of amides is 1. The minimum atomic E-state index is -1.18. The summed E-state index contributed by atoms with van der Waals surface area (Å²) in [6, 6.07) is 1.62. The van der Waals surface area contributed by atoms with Gasteiger partial charge in [0.05, 0.1) is 25.7 Å². The fourth-order valence-electron chi connectivity index (χ4n) is 1.93. The van der Waals surface area contributed by atoms with E-state index >= 15 is 0 Å². The van der Waals surface area contributed by atoms with Crippen LogP contribution in [0.25, 0.3) is 0 Å². The summed E-state index contributed by atoms with van der Waals surface area (Å²) in [5.41, 5.74) is 0.151. The Morgan fingerprint density at radius 1 is 1.26 bits per heavy atom. The predicted octanol–water partition coefficient (Wildman–Crippen LogP) is 0.903. The van der Waals surface area contributed by atoms with Crippen molar-refractivity contribution < 1.29 is 33.3 Å². The molecule has 0 aromatic heterocycles. The highest BCUT2D eigenvalue weighted by atomic mass is 35.5. The van der Waals surface area contributed by atoms with E-state index in [2.05, 4.69) is 14.8 Å². The number of esters is 2. The number of nitrogens with one attached hydrogen (secondary N) is 1. The molecule has 1 aromatic carbocycles. The van der Waals surface area contributed by atoms with E-state index in [1.54, 1.807) is 0 Å². The van der Waals surface area contributed by atoms with Gasteiger partial charge in [0.25, 0.3) is 5.91 Å². The first-order valence-electron chi connectivity index (χ1n) is 6.51. The number of carbonyl (C=O) groups is 3. The van der Waals surface area contributed by atoms with Crippen molar-refractivity contribution in [3.8, 4) is 11.5 Å². The normalized spacial score (nSPS) is 13.2. The third-order valence-electron chi connectivity index (χ3n) is 3.08. The van der Waals surface area contributed by atoms with Gasteiger partial charge in [0.15, 0.2) is 11.5 Å². The molecular weight excluding hydrogens is 330 g/mol. The number of benzene rings is 1. The lowest BCUT2D eigenvalue weighted by atomic mass is 10.1. The third-order valence-corrected chi connectivity index (χ3v) is 3.36. The minimum Gasteiger partial charge on any atom is -0.469 e. The molecule has 1 aliphatic heterocycles. The lowest BCUT2D eigenvalue weighted by Gasteiger charge is -2.15. The maximum Gasteiger partial charge on any atom is 0.328 e. The molecular formula is C14H14ClNO7. The third kappa shape index (κ3) is 3.84. The number of ether oxygens (including phenoxy) is 4. The lowest BCUT2D eigenvalue weighted by molar-refractivity contribution is -0.149. The fourth-order valence-corrected chi connectivity index (χ4v) is 2.19. The van der Waals surface area contributed by atoms with E-state index in [0.717, 1.165) is 7.11 Å². The number of fused-ring (bicyclic) bond motifs is 1. The molecule has 0 saturated carbocycles. The van der Waals surface area contributed by atoms with Crippen molar-refractivity contribution in [2.75, 3.05) is 21.0 Å². The van der Waals surface area contributed by atoms with Crippen molar-refractivity contribution >= 4 is 29.4 Å². The van der Waals surface area contributed by atoms with Gasteiger partial charge in [-0.25, -0.2) is 4.79 Å². The highest BCUT2D eigenvalue weighted by Gasteiger charge is 2.27. The molecule has 0 bridgehead atoms. The zero-order chi connectivity index (χ0) is 17.0. The molecule has 1 heterocycles. The Kier molecular flexibility index (Phi) is 5.28. The van der Waals surface area contributed by atoms with Crippen LogP contribution in [0.15, 0.2) is 12.1 Å². The van der Waals surface area contributed by atoms with Crippen molar-refractivity contribution in [3.05, 3.63) is 22.7 Å². The molecule has 23 heavy (non-hydrogen) atoms. The Labute approximate surface area is 136 Å². The molecule has 124 valence electrons. The first-order valence-corrected chi connectivity index (χ1v) is 6.88. The van der Waals surface area contributed by atoms with Gasteiger partial charge in [-0.3, -0.25) is 9.59 Å². The van der Waals surface area contributed by atoms with Crippen molar-refractivity contribution in [1.29, 1.82) is 0 Å². The van der Waals surface area contributed by atoms with Gasteiger partial charge >= 0.3 is 11.9 Å². The summed E-state index contributed by atoms with van der Waals surface area (Å²) in [6.45, 7) is 0.00719. The summed E-state index contributed by atoms with van der Waals surface area (Å²) in [7, 11) is 2.33. The minimum absolute atomic E-state index is 0.00719. The standard InChI is InChI=1S/C14H14ClNO7/c1-20-11(17)5-9(14(19)21-2)16-13(18)7-3-8(15)12-10(4-7)22-6-23-12/h3-4,9H,5-6H2,1-2H3,(H,16,18). The van der Waals surface area contributed by atoms with E-state index in [4.69, 9.17) is 21.1 Å². The van der Waals surface area contributed by atoms with Crippen LogP contribution in [0.3, 0.4) is 0 Å². The van der Waals surface area contributed by atoms with Crippen molar-refractivity contribution in [3.63, 3.8) is 0 Å². The second kappa shape index (κ2) is 7.19. The van der Waals surface area contributed by atoms with Crippen LogP contribution >= 0.6 is 11.6 Å². The van der Waals surface area contributed by atoms with Gasteiger partial charge in [0.2, 0.25) is 6.79 Å². The summed E-state index contributed by atoms with van der Waals surface area (Å²) in [4.78, 5) is 35.3. The molecule has 9 heteroatoms. The summed E-state index contributed by atoms with van der Waals surface area (Å²) in [5, 5.41) is 2.60. The molecule has 1 N–H and O–H groups in total. The average molecular weight is 344 g/mol. The topological polar surface area (TPSA) is 100 Å². The summed E-state index contributed by atoms with van der Waals surface area (Å²) < 4.78 is 19.4. The van der Waals surface area contributed by atoms with Crippen LogP contribution in [-0.2, 0) is 19.1 Å². The zero-order valence-electron chi connectivity index (χ0n) is 12.4. The molecule has 0 fully saturated rings. The summed E-state index contributed by atoms with van der Waals surface area (Å²) >= 11 is 6.00. The van der Waals surface area contributed by atoms with Gasteiger partial charge in [-0.15, -0.1) is 0 Å². The van der Waals surface area contributed by atoms with Crippen LogP contribution in [0.4, 0.5) is 0 Å². The smallest absolute Gasteiger partial charge is 0.328 e. The number of rotatable bonds is 5. The Hall–Kier alpha value is -2.48. The van der Waals surface area contributed by atoms with E-state index in [0.29, 0.717) is 11.5 Å². The second-order valence-electron chi connectivity index (χ2n) is 4.52. The molecule has 1 amide bonds. The van der Waals surface area contributed by atoms with Crippen LogP contribution < -0.4 is 14.8 Å². The van der Waals surface area contributed by atoms with Crippen LogP contribution in [0.2, 0.25) is 5.02 Å². The monoisotopic (exact) mass is 343 g/mol. The van der Waals surface area contributed by atoms with Crippen LogP contribution in [-0.4, -0.2) is 44.9 Å². The number of methoxy groups -OCH3 is 2. The SMILES string of the molecule is COC(=O)CC(NC(=O)c1cc(Cl)c2c(c1)OCO2)C(=O)OC. The fraction of sp³-hybridized carbons (Fsp3) is 0.357. The number of hydrogen-bond acceptors (Lipinski definition) is 7. The van der Waals surface area contributed by atoms with Crippen LogP contribution in [0.1, 0.15) is 16.8 Å². The van der Waals surface area contributed by atoms with E-state index in [1.165, 1.54) is 19.2 Å². The summed E-state index contributed by atoms with van der Waals surface area (Å²) in [6.07, 6.45) is -0.354. The Balaban J connectivity index is 2.17. The Morgan fingerprint density at radius 2 is 2.00 bits per heavy atom. The van der Waals surface area contributed by atoms with Gasteiger partial charge in [-0.1, -0.05) is 11.6 Å². The molecule has 1 aliphatic rings. The van der Waals surface area contributed by atoms with Gasteiger partial charge in [-0.2, -0.15) is 0 Å². The highest BCUT2D eigenvalue weighted by molar-refractivity contribution is 6.32. The molecule has 0 aliphatic carbocycles. The Morgan fingerprint density at radius 3 is 2.65 bits per heavy atom. The molecule has 0 saturated heterocycles.